The molecule has 0 saturated carbocycles. The summed E-state index contributed by atoms with van der Waals surface area (Å²) in [6.07, 6.45) is 0. The van der Waals surface area contributed by atoms with E-state index in [0.717, 1.165) is 0 Å². The highest BCUT2D eigenvalue weighted by atomic mass is 32.2. The largest absolute Gasteiger partial charge is 0.478 e. The fourth-order valence-electron chi connectivity index (χ4n) is 1.37. The van der Waals surface area contributed by atoms with Crippen molar-refractivity contribution in [3.8, 4) is 0 Å². The highest BCUT2D eigenvalue weighted by Crippen LogP contribution is 2.02. The molecule has 0 amide bonds. The maximum Gasteiger partial charge on any atom is 0.335 e. The van der Waals surface area contributed by atoms with E-state index in [1.165, 1.54) is 0 Å². The second-order valence-corrected chi connectivity index (χ2v) is 5.34. The van der Waals surface area contributed by atoms with Gasteiger partial charge in [-0.25, -0.2) is 4.79 Å². The Morgan fingerprint density at radius 3 is 1.70 bits per heavy atom. The van der Waals surface area contributed by atoms with Crippen molar-refractivity contribution in [2.75, 3.05) is 0 Å². The van der Waals surface area contributed by atoms with Gasteiger partial charge in [0.1, 0.15) is 5.75 Å². The van der Waals surface area contributed by atoms with Gasteiger partial charge in [-0.1, -0.05) is 48.5 Å². The molecule has 0 bridgehead atoms. The quantitative estimate of drug-likeness (QED) is 0.848. The van der Waals surface area contributed by atoms with Crippen LogP contribution >= 0.6 is 0 Å². The molecule has 5 nitrogen and oxygen atoms in total. The van der Waals surface area contributed by atoms with Gasteiger partial charge in [0.05, 0.1) is 5.56 Å². The first-order valence-corrected chi connectivity index (χ1v) is 7.27. The lowest BCUT2D eigenvalue weighted by Crippen LogP contribution is -2.00. The van der Waals surface area contributed by atoms with Gasteiger partial charge in [-0.05, 0) is 17.7 Å². The zero-order chi connectivity index (χ0) is 15.0. The molecule has 20 heavy (non-hydrogen) atoms. The summed E-state index contributed by atoms with van der Waals surface area (Å²) in [6, 6.07) is 16.8. The average Bonchev–Trinajstić information content (AvgIpc) is 2.40. The fourth-order valence-corrected chi connectivity index (χ4v) is 1.98. The standard InChI is InChI=1S/C7H8O3S.C7H6O2/c8-11(9,10)6-7-4-2-1-3-5-7;8-7(9)6-4-2-1-3-5-6/h1-5H,6H2,(H,8,9,10);1-5H,(H,8,9). The third-order valence-electron chi connectivity index (χ3n) is 2.21. The topological polar surface area (TPSA) is 91.7 Å². The number of carbonyl (C=O) groups is 1. The fraction of sp³-hybridized carbons (Fsp3) is 0.0714. The van der Waals surface area contributed by atoms with Crippen molar-refractivity contribution in [3.63, 3.8) is 0 Å². The molecule has 0 aliphatic rings. The van der Waals surface area contributed by atoms with Crippen LogP contribution in [0.1, 0.15) is 15.9 Å². The first-order chi connectivity index (χ1) is 9.38. The SMILES string of the molecule is O=C(O)c1ccccc1.O=S(=O)(O)Cc1ccccc1. The van der Waals surface area contributed by atoms with Crippen molar-refractivity contribution >= 4 is 16.1 Å². The lowest BCUT2D eigenvalue weighted by atomic mass is 10.2. The molecule has 0 atom stereocenters. The number of benzene rings is 2. The number of carboxylic acid groups (broad SMARTS) is 1. The Kier molecular flexibility index (Phi) is 5.89. The van der Waals surface area contributed by atoms with Gasteiger partial charge in [0.25, 0.3) is 10.1 Å². The van der Waals surface area contributed by atoms with Crippen LogP contribution in [-0.4, -0.2) is 24.0 Å². The third-order valence-corrected chi connectivity index (χ3v) is 2.91. The molecule has 0 saturated heterocycles. The highest BCUT2D eigenvalue weighted by Gasteiger charge is 2.04. The first kappa shape index (κ1) is 15.9. The summed E-state index contributed by atoms with van der Waals surface area (Å²) in [5.74, 6) is -1.19. The Morgan fingerprint density at radius 2 is 1.35 bits per heavy atom. The van der Waals surface area contributed by atoms with Crippen molar-refractivity contribution < 1.29 is 22.9 Å². The predicted octanol–water partition coefficient (Wildman–Crippen LogP) is 2.46. The first-order valence-electron chi connectivity index (χ1n) is 5.66. The van der Waals surface area contributed by atoms with Crippen molar-refractivity contribution in [1.29, 1.82) is 0 Å². The van der Waals surface area contributed by atoms with Crippen LogP contribution in [-0.2, 0) is 15.9 Å². The van der Waals surface area contributed by atoms with Crippen molar-refractivity contribution in [1.82, 2.24) is 0 Å². The van der Waals surface area contributed by atoms with Gasteiger partial charge >= 0.3 is 5.97 Å². The summed E-state index contributed by atoms with van der Waals surface area (Å²) in [4.78, 5) is 10.2. The second kappa shape index (κ2) is 7.42. The monoisotopic (exact) mass is 294 g/mol. The van der Waals surface area contributed by atoms with E-state index in [4.69, 9.17) is 9.66 Å². The summed E-state index contributed by atoms with van der Waals surface area (Å²) >= 11 is 0. The van der Waals surface area contributed by atoms with Crippen LogP contribution in [0.15, 0.2) is 60.7 Å². The molecule has 6 heteroatoms. The Bertz CT molecular complexity index is 636. The molecule has 0 radical (unpaired) electrons. The minimum atomic E-state index is -3.88. The lowest BCUT2D eigenvalue weighted by molar-refractivity contribution is 0.0697. The number of rotatable bonds is 3. The second-order valence-electron chi connectivity index (χ2n) is 3.88. The Labute approximate surface area is 117 Å². The van der Waals surface area contributed by atoms with E-state index in [0.29, 0.717) is 11.1 Å². The van der Waals surface area contributed by atoms with E-state index >= 15 is 0 Å². The van der Waals surface area contributed by atoms with Gasteiger partial charge in [-0.15, -0.1) is 0 Å². The van der Waals surface area contributed by atoms with Crippen LogP contribution in [0.25, 0.3) is 0 Å². The van der Waals surface area contributed by atoms with Crippen molar-refractivity contribution in [2.45, 2.75) is 5.75 Å². The average molecular weight is 294 g/mol. The predicted molar refractivity (Wildman–Crippen MR) is 75.1 cm³/mol. The smallest absolute Gasteiger partial charge is 0.335 e. The van der Waals surface area contributed by atoms with Gasteiger partial charge in [0.2, 0.25) is 0 Å². The van der Waals surface area contributed by atoms with Gasteiger partial charge < -0.3 is 5.11 Å². The highest BCUT2D eigenvalue weighted by molar-refractivity contribution is 7.85. The molecular weight excluding hydrogens is 280 g/mol. The summed E-state index contributed by atoms with van der Waals surface area (Å²) < 4.78 is 29.2. The van der Waals surface area contributed by atoms with Crippen LogP contribution in [0.2, 0.25) is 0 Å². The molecule has 0 unspecified atom stereocenters. The Balaban J connectivity index is 0.000000204. The van der Waals surface area contributed by atoms with Crippen LogP contribution in [0.3, 0.4) is 0 Å². The van der Waals surface area contributed by atoms with E-state index in [1.54, 1.807) is 60.7 Å². The number of hydrogen-bond acceptors (Lipinski definition) is 3. The lowest BCUT2D eigenvalue weighted by Gasteiger charge is -1.95. The summed E-state index contributed by atoms with van der Waals surface area (Å²) in [5.41, 5.74) is 0.924. The van der Waals surface area contributed by atoms with Crippen molar-refractivity contribution in [3.05, 3.63) is 71.8 Å². The van der Waals surface area contributed by atoms with Gasteiger partial charge in [-0.3, -0.25) is 4.55 Å². The summed E-state index contributed by atoms with van der Waals surface area (Å²) in [6.45, 7) is 0. The minimum absolute atomic E-state index is 0.312. The number of carboxylic acids is 1. The maximum atomic E-state index is 10.4. The summed E-state index contributed by atoms with van der Waals surface area (Å²) in [5, 5.41) is 8.38. The maximum absolute atomic E-state index is 10.4. The van der Waals surface area contributed by atoms with Crippen LogP contribution in [0.4, 0.5) is 0 Å². The molecule has 2 N–H and O–H groups in total. The molecular formula is C14H14O5S. The van der Waals surface area contributed by atoms with Crippen LogP contribution in [0.5, 0.6) is 0 Å². The molecule has 0 aromatic heterocycles. The Morgan fingerprint density at radius 1 is 0.900 bits per heavy atom. The molecule has 0 heterocycles. The van der Waals surface area contributed by atoms with E-state index < -0.39 is 16.1 Å². The van der Waals surface area contributed by atoms with Crippen LogP contribution < -0.4 is 0 Å². The van der Waals surface area contributed by atoms with Gasteiger partial charge in [0, 0.05) is 0 Å². The molecule has 0 fully saturated rings. The van der Waals surface area contributed by atoms with E-state index in [2.05, 4.69) is 0 Å². The minimum Gasteiger partial charge on any atom is -0.478 e. The molecule has 2 aromatic rings. The molecule has 106 valence electrons. The zero-order valence-corrected chi connectivity index (χ0v) is 11.3. The third kappa shape index (κ3) is 6.67. The normalized spacial score (nSPS) is 10.2. The van der Waals surface area contributed by atoms with Gasteiger partial charge in [0.15, 0.2) is 0 Å². The Hall–Kier alpha value is -2.18. The molecule has 0 aliphatic carbocycles. The van der Waals surface area contributed by atoms with E-state index in [1.807, 2.05) is 0 Å². The van der Waals surface area contributed by atoms with Crippen molar-refractivity contribution in [2.24, 2.45) is 0 Å². The van der Waals surface area contributed by atoms with Crippen LogP contribution in [0, 0.1) is 0 Å². The van der Waals surface area contributed by atoms with Gasteiger partial charge in [-0.2, -0.15) is 8.42 Å². The summed E-state index contributed by atoms with van der Waals surface area (Å²) in [7, 11) is -3.88. The zero-order valence-electron chi connectivity index (χ0n) is 10.5. The van der Waals surface area contributed by atoms with E-state index in [9.17, 15) is 13.2 Å². The number of aromatic carboxylic acids is 1. The number of hydrogen-bond donors (Lipinski definition) is 2. The molecule has 2 aromatic carbocycles. The molecule has 0 spiro atoms. The molecule has 2 rings (SSSR count). The molecule has 0 aliphatic heterocycles. The van der Waals surface area contributed by atoms with E-state index in [-0.39, 0.29) is 5.75 Å².